The highest BCUT2D eigenvalue weighted by molar-refractivity contribution is 5.97. The van der Waals surface area contributed by atoms with Crippen molar-refractivity contribution in [2.75, 3.05) is 16.8 Å². The number of nitrogens with zero attached hydrogens (tertiary/aromatic N) is 1. The van der Waals surface area contributed by atoms with E-state index in [0.29, 0.717) is 19.4 Å². The second-order valence-electron chi connectivity index (χ2n) is 8.36. The number of para-hydroxylation sites is 1. The minimum absolute atomic E-state index is 0.117. The zero-order chi connectivity index (χ0) is 20.1. The summed E-state index contributed by atoms with van der Waals surface area (Å²) in [7, 11) is 0. The number of aliphatic carboxylic acids is 1. The molecule has 0 unspecified atom stereocenters. The van der Waals surface area contributed by atoms with Gasteiger partial charge in [0.2, 0.25) is 0 Å². The molecule has 28 heavy (non-hydrogen) atoms. The Kier molecular flexibility index (Phi) is 4.10. The third kappa shape index (κ3) is 2.99. The van der Waals surface area contributed by atoms with Gasteiger partial charge in [0, 0.05) is 17.9 Å². The van der Waals surface area contributed by atoms with E-state index >= 15 is 0 Å². The number of fused-ring (bicyclic) bond motifs is 1. The van der Waals surface area contributed by atoms with E-state index in [2.05, 4.69) is 19.2 Å². The van der Waals surface area contributed by atoms with Crippen LogP contribution in [0.3, 0.4) is 0 Å². The van der Waals surface area contributed by atoms with Gasteiger partial charge in [-0.15, -0.1) is 0 Å². The van der Waals surface area contributed by atoms with Crippen molar-refractivity contribution in [2.45, 2.75) is 44.1 Å². The van der Waals surface area contributed by atoms with Gasteiger partial charge in [-0.3, -0.25) is 0 Å². The molecule has 0 saturated heterocycles. The quantitative estimate of drug-likeness (QED) is 0.719. The lowest BCUT2D eigenvalue weighted by atomic mass is 9.76. The number of aromatic carboxylic acids is 1. The summed E-state index contributed by atoms with van der Waals surface area (Å²) in [5, 5.41) is 22.3. The average Bonchev–Trinajstić information content (AvgIpc) is 3.42. The predicted molar refractivity (Wildman–Crippen MR) is 108 cm³/mol. The first-order chi connectivity index (χ1) is 13.2. The van der Waals surface area contributed by atoms with E-state index in [1.807, 2.05) is 35.2 Å². The van der Waals surface area contributed by atoms with E-state index in [0.717, 1.165) is 29.0 Å². The van der Waals surface area contributed by atoms with E-state index in [9.17, 15) is 19.8 Å². The van der Waals surface area contributed by atoms with Crippen LogP contribution in [0.5, 0.6) is 0 Å². The van der Waals surface area contributed by atoms with E-state index in [1.54, 1.807) is 12.1 Å². The summed E-state index contributed by atoms with van der Waals surface area (Å²) in [5.74, 6) is -1.78. The largest absolute Gasteiger partial charge is 0.480 e. The topological polar surface area (TPSA) is 89.9 Å². The summed E-state index contributed by atoms with van der Waals surface area (Å²) in [5.41, 5.74) is 2.63. The molecule has 0 spiro atoms. The number of carboxylic acid groups (broad SMARTS) is 2. The summed E-state index contributed by atoms with van der Waals surface area (Å²) in [4.78, 5) is 25.4. The number of carbonyl (C=O) groups is 2. The normalized spacial score (nSPS) is 18.9. The van der Waals surface area contributed by atoms with Crippen molar-refractivity contribution in [3.63, 3.8) is 0 Å². The number of nitrogens with one attached hydrogen (secondary N) is 1. The smallest absolute Gasteiger partial charge is 0.337 e. The molecule has 2 aliphatic rings. The van der Waals surface area contributed by atoms with E-state index in [1.165, 1.54) is 0 Å². The van der Waals surface area contributed by atoms with Crippen LogP contribution in [-0.2, 0) is 10.2 Å². The minimum Gasteiger partial charge on any atom is -0.480 e. The summed E-state index contributed by atoms with van der Waals surface area (Å²) in [6, 6.07) is 13.0. The lowest BCUT2D eigenvalue weighted by Gasteiger charge is -2.41. The van der Waals surface area contributed by atoms with E-state index < -0.39 is 17.5 Å². The second kappa shape index (κ2) is 6.26. The van der Waals surface area contributed by atoms with Crippen molar-refractivity contribution in [2.24, 2.45) is 0 Å². The van der Waals surface area contributed by atoms with Gasteiger partial charge < -0.3 is 20.4 Å². The summed E-state index contributed by atoms with van der Waals surface area (Å²) < 4.78 is 0. The molecule has 3 N–H and O–H groups in total. The SMILES string of the molecule is CC1(C)CCN(c2cccc(NC3(C(=O)O)CC3)c2)c2c(C(=O)O)cccc21. The van der Waals surface area contributed by atoms with Gasteiger partial charge in [-0.05, 0) is 54.5 Å². The van der Waals surface area contributed by atoms with Gasteiger partial charge in [0.05, 0.1) is 11.3 Å². The highest BCUT2D eigenvalue weighted by atomic mass is 16.4. The average molecular weight is 380 g/mol. The van der Waals surface area contributed by atoms with Gasteiger partial charge in [-0.25, -0.2) is 9.59 Å². The number of hydrogen-bond acceptors (Lipinski definition) is 4. The molecule has 1 saturated carbocycles. The van der Waals surface area contributed by atoms with Crippen LogP contribution in [-0.4, -0.2) is 34.2 Å². The first kappa shape index (κ1) is 18.3. The van der Waals surface area contributed by atoms with Gasteiger partial charge in [0.1, 0.15) is 5.54 Å². The molecule has 1 heterocycles. The fraction of sp³-hybridized carbons (Fsp3) is 0.364. The first-order valence-electron chi connectivity index (χ1n) is 9.49. The van der Waals surface area contributed by atoms with Crippen molar-refractivity contribution in [1.29, 1.82) is 0 Å². The van der Waals surface area contributed by atoms with Crippen LogP contribution in [0.1, 0.15) is 49.0 Å². The Morgan fingerprint density at radius 2 is 1.75 bits per heavy atom. The number of anilines is 3. The van der Waals surface area contributed by atoms with Crippen molar-refractivity contribution in [3.05, 3.63) is 53.6 Å². The Morgan fingerprint density at radius 3 is 2.39 bits per heavy atom. The fourth-order valence-electron chi connectivity index (χ4n) is 3.99. The molecule has 2 aromatic rings. The highest BCUT2D eigenvalue weighted by Gasteiger charge is 2.50. The maximum absolute atomic E-state index is 11.9. The maximum Gasteiger partial charge on any atom is 0.337 e. The molecule has 4 rings (SSSR count). The molecule has 0 radical (unpaired) electrons. The molecule has 0 aromatic heterocycles. The van der Waals surface area contributed by atoms with Crippen LogP contribution < -0.4 is 10.2 Å². The van der Waals surface area contributed by atoms with Gasteiger partial charge in [0.25, 0.3) is 0 Å². The van der Waals surface area contributed by atoms with Crippen LogP contribution in [0, 0.1) is 0 Å². The third-order valence-electron chi connectivity index (χ3n) is 5.93. The summed E-state index contributed by atoms with van der Waals surface area (Å²) in [6.07, 6.45) is 2.10. The molecule has 0 bridgehead atoms. The summed E-state index contributed by atoms with van der Waals surface area (Å²) in [6.45, 7) is 4.96. The summed E-state index contributed by atoms with van der Waals surface area (Å²) >= 11 is 0. The Bertz CT molecular complexity index is 963. The molecule has 1 fully saturated rings. The van der Waals surface area contributed by atoms with Crippen LogP contribution >= 0.6 is 0 Å². The van der Waals surface area contributed by atoms with Gasteiger partial charge >= 0.3 is 11.9 Å². The Balaban J connectivity index is 1.76. The van der Waals surface area contributed by atoms with Crippen molar-refractivity contribution in [1.82, 2.24) is 0 Å². The van der Waals surface area contributed by atoms with Crippen LogP contribution in [0.25, 0.3) is 0 Å². The van der Waals surface area contributed by atoms with Gasteiger partial charge in [-0.1, -0.05) is 32.0 Å². The minimum atomic E-state index is -0.948. The van der Waals surface area contributed by atoms with Crippen LogP contribution in [0.4, 0.5) is 17.1 Å². The van der Waals surface area contributed by atoms with Crippen LogP contribution in [0.2, 0.25) is 0 Å². The molecule has 146 valence electrons. The zero-order valence-corrected chi connectivity index (χ0v) is 16.0. The molecule has 6 nitrogen and oxygen atoms in total. The highest BCUT2D eigenvalue weighted by Crippen LogP contribution is 2.45. The Labute approximate surface area is 163 Å². The molecular formula is C22H24N2O4. The van der Waals surface area contributed by atoms with Gasteiger partial charge in [0.15, 0.2) is 0 Å². The number of rotatable bonds is 5. The second-order valence-corrected chi connectivity index (χ2v) is 8.36. The molecule has 1 aliphatic carbocycles. The lowest BCUT2D eigenvalue weighted by molar-refractivity contribution is -0.138. The van der Waals surface area contributed by atoms with Crippen molar-refractivity contribution < 1.29 is 19.8 Å². The standard InChI is InChI=1S/C22H24N2O4/c1-21(2)11-12-24(18-16(19(25)26)7-4-8-17(18)21)15-6-3-5-14(13-15)23-22(9-10-22)20(27)28/h3-8,13,23H,9-12H2,1-2H3,(H,25,26)(H,27,28). The fourth-order valence-corrected chi connectivity index (χ4v) is 3.99. The van der Waals surface area contributed by atoms with E-state index in [4.69, 9.17) is 0 Å². The zero-order valence-electron chi connectivity index (χ0n) is 16.0. The van der Waals surface area contributed by atoms with Crippen LogP contribution in [0.15, 0.2) is 42.5 Å². The Morgan fingerprint density at radius 1 is 1.04 bits per heavy atom. The van der Waals surface area contributed by atoms with Crippen molar-refractivity contribution in [3.8, 4) is 0 Å². The lowest BCUT2D eigenvalue weighted by Crippen LogP contribution is -2.36. The molecule has 0 amide bonds. The molecule has 0 atom stereocenters. The number of benzene rings is 2. The molecule has 1 aliphatic heterocycles. The van der Waals surface area contributed by atoms with Gasteiger partial charge in [-0.2, -0.15) is 0 Å². The molecule has 6 heteroatoms. The Hall–Kier alpha value is -3.02. The number of hydrogen-bond donors (Lipinski definition) is 3. The monoisotopic (exact) mass is 380 g/mol. The predicted octanol–water partition coefficient (Wildman–Crippen LogP) is 4.23. The maximum atomic E-state index is 11.9. The number of carboxylic acids is 2. The van der Waals surface area contributed by atoms with Crippen molar-refractivity contribution >= 4 is 29.0 Å². The molecule has 2 aromatic carbocycles. The van der Waals surface area contributed by atoms with E-state index in [-0.39, 0.29) is 11.0 Å². The third-order valence-corrected chi connectivity index (χ3v) is 5.93. The first-order valence-corrected chi connectivity index (χ1v) is 9.49. The molecular weight excluding hydrogens is 356 g/mol.